The molecule has 0 bridgehead atoms. The van der Waals surface area contributed by atoms with Gasteiger partial charge in [-0.3, -0.25) is 5.84 Å². The van der Waals surface area contributed by atoms with Crippen LogP contribution in [0.15, 0.2) is 0 Å². The molecule has 1 heterocycles. The molecular formula is C11H24N2O. The molecule has 0 aromatic rings. The van der Waals surface area contributed by atoms with Crippen molar-refractivity contribution >= 4 is 0 Å². The lowest BCUT2D eigenvalue weighted by Crippen LogP contribution is -2.41. The van der Waals surface area contributed by atoms with E-state index in [1.807, 2.05) is 5.01 Å². The summed E-state index contributed by atoms with van der Waals surface area (Å²) in [4.78, 5) is 0. The third-order valence-corrected chi connectivity index (χ3v) is 3.12. The zero-order chi connectivity index (χ0) is 10.4. The van der Waals surface area contributed by atoms with Gasteiger partial charge in [0.1, 0.15) is 0 Å². The molecule has 14 heavy (non-hydrogen) atoms. The van der Waals surface area contributed by atoms with Gasteiger partial charge in [-0.1, -0.05) is 13.3 Å². The summed E-state index contributed by atoms with van der Waals surface area (Å²) < 4.78 is 5.80. The van der Waals surface area contributed by atoms with E-state index in [1.54, 1.807) is 0 Å². The van der Waals surface area contributed by atoms with Crippen LogP contribution in [-0.4, -0.2) is 30.8 Å². The molecule has 1 saturated heterocycles. The average molecular weight is 200 g/mol. The number of nitrogens with zero attached hydrogens (tertiary/aromatic N) is 1. The minimum Gasteiger partial charge on any atom is -0.378 e. The zero-order valence-electron chi connectivity index (χ0n) is 9.54. The highest BCUT2D eigenvalue weighted by atomic mass is 16.5. The third-order valence-electron chi connectivity index (χ3n) is 3.12. The molecule has 0 amide bonds. The van der Waals surface area contributed by atoms with Crippen LogP contribution in [0.25, 0.3) is 0 Å². The fourth-order valence-electron chi connectivity index (χ4n) is 1.94. The molecule has 0 spiro atoms. The Kier molecular flexibility index (Phi) is 5.45. The van der Waals surface area contributed by atoms with Crippen molar-refractivity contribution in [2.75, 3.05) is 19.7 Å². The van der Waals surface area contributed by atoms with Crippen molar-refractivity contribution in [1.82, 2.24) is 5.01 Å². The van der Waals surface area contributed by atoms with Crippen LogP contribution >= 0.6 is 0 Å². The van der Waals surface area contributed by atoms with Crippen LogP contribution < -0.4 is 5.84 Å². The van der Waals surface area contributed by atoms with Crippen LogP contribution in [0, 0.1) is 5.92 Å². The fraction of sp³-hybridized carbons (Fsp3) is 1.00. The van der Waals surface area contributed by atoms with Crippen molar-refractivity contribution in [2.45, 2.75) is 45.6 Å². The summed E-state index contributed by atoms with van der Waals surface area (Å²) in [5, 5.41) is 1.91. The van der Waals surface area contributed by atoms with E-state index in [9.17, 15) is 0 Å². The van der Waals surface area contributed by atoms with Crippen LogP contribution in [-0.2, 0) is 4.74 Å². The van der Waals surface area contributed by atoms with Gasteiger partial charge in [-0.25, -0.2) is 5.01 Å². The summed E-state index contributed by atoms with van der Waals surface area (Å²) >= 11 is 0. The monoisotopic (exact) mass is 200 g/mol. The molecule has 1 fully saturated rings. The van der Waals surface area contributed by atoms with E-state index < -0.39 is 0 Å². The molecule has 1 atom stereocenters. The molecule has 0 saturated carbocycles. The zero-order valence-corrected chi connectivity index (χ0v) is 9.54. The molecule has 0 radical (unpaired) electrons. The predicted molar refractivity (Wildman–Crippen MR) is 58.8 cm³/mol. The van der Waals surface area contributed by atoms with Crippen molar-refractivity contribution in [3.8, 4) is 0 Å². The molecule has 1 unspecified atom stereocenters. The van der Waals surface area contributed by atoms with Crippen LogP contribution in [0.2, 0.25) is 0 Å². The molecule has 0 aliphatic carbocycles. The molecular weight excluding hydrogens is 176 g/mol. The van der Waals surface area contributed by atoms with Crippen molar-refractivity contribution in [2.24, 2.45) is 11.8 Å². The van der Waals surface area contributed by atoms with Crippen molar-refractivity contribution in [3.63, 3.8) is 0 Å². The van der Waals surface area contributed by atoms with Gasteiger partial charge >= 0.3 is 0 Å². The minimum atomic E-state index is 0.412. The number of unbranched alkanes of at least 4 members (excludes halogenated alkanes) is 1. The summed E-state index contributed by atoms with van der Waals surface area (Å²) in [6.07, 6.45) is 5.18. The lowest BCUT2D eigenvalue weighted by Gasteiger charge is -2.32. The Morgan fingerprint density at radius 1 is 1.43 bits per heavy atom. The second kappa shape index (κ2) is 6.38. The van der Waals surface area contributed by atoms with Crippen molar-refractivity contribution in [1.29, 1.82) is 0 Å². The quantitative estimate of drug-likeness (QED) is 0.543. The summed E-state index contributed by atoms with van der Waals surface area (Å²) in [6, 6.07) is 0. The Hall–Kier alpha value is -0.120. The van der Waals surface area contributed by atoms with Crippen molar-refractivity contribution in [3.05, 3.63) is 0 Å². The highest BCUT2D eigenvalue weighted by molar-refractivity contribution is 4.73. The van der Waals surface area contributed by atoms with E-state index in [-0.39, 0.29) is 0 Å². The predicted octanol–water partition coefficient (Wildman–Crippen LogP) is 1.78. The molecule has 84 valence electrons. The van der Waals surface area contributed by atoms with Gasteiger partial charge in [0.15, 0.2) is 0 Å². The van der Waals surface area contributed by atoms with Gasteiger partial charge < -0.3 is 4.74 Å². The van der Waals surface area contributed by atoms with Crippen LogP contribution in [0.4, 0.5) is 0 Å². The maximum absolute atomic E-state index is 5.80. The first kappa shape index (κ1) is 12.0. The van der Waals surface area contributed by atoms with Gasteiger partial charge in [0, 0.05) is 19.7 Å². The molecule has 0 aromatic carbocycles. The average Bonchev–Trinajstić information content (AvgIpc) is 2.19. The second-order valence-electron chi connectivity index (χ2n) is 4.30. The Bertz CT molecular complexity index is 144. The minimum absolute atomic E-state index is 0.412. The normalized spacial score (nSPS) is 22.5. The van der Waals surface area contributed by atoms with Crippen LogP contribution in [0.3, 0.4) is 0 Å². The maximum atomic E-state index is 5.80. The number of hydrogen-bond acceptors (Lipinski definition) is 3. The Labute approximate surface area is 87.6 Å². The van der Waals surface area contributed by atoms with E-state index >= 15 is 0 Å². The number of piperidine rings is 1. The first-order valence-corrected chi connectivity index (χ1v) is 5.85. The smallest absolute Gasteiger partial charge is 0.0576 e. The lowest BCUT2D eigenvalue weighted by atomic mass is 9.93. The standard InChI is InChI=1S/C11H24N2O/c1-3-4-9-14-10(2)11-5-7-13(12)8-6-11/h10-11H,3-9,12H2,1-2H3. The first-order valence-electron chi connectivity index (χ1n) is 5.85. The number of hydrazine groups is 1. The van der Waals surface area contributed by atoms with E-state index in [0.29, 0.717) is 12.0 Å². The Balaban J connectivity index is 2.13. The fourth-order valence-corrected chi connectivity index (χ4v) is 1.94. The lowest BCUT2D eigenvalue weighted by molar-refractivity contribution is 0.000766. The van der Waals surface area contributed by atoms with Gasteiger partial charge in [0.25, 0.3) is 0 Å². The van der Waals surface area contributed by atoms with Gasteiger partial charge in [-0.05, 0) is 32.1 Å². The molecule has 0 aromatic heterocycles. The number of rotatable bonds is 5. The molecule has 1 aliphatic heterocycles. The maximum Gasteiger partial charge on any atom is 0.0576 e. The summed E-state index contributed by atoms with van der Waals surface area (Å²) in [5.74, 6) is 6.43. The summed E-state index contributed by atoms with van der Waals surface area (Å²) in [6.45, 7) is 7.35. The Morgan fingerprint density at radius 3 is 2.64 bits per heavy atom. The van der Waals surface area contributed by atoms with Gasteiger partial charge in [-0.15, -0.1) is 0 Å². The number of ether oxygens (including phenoxy) is 1. The second-order valence-corrected chi connectivity index (χ2v) is 4.30. The summed E-state index contributed by atoms with van der Waals surface area (Å²) in [5.41, 5.74) is 0. The van der Waals surface area contributed by atoms with E-state index in [1.165, 1.54) is 25.7 Å². The van der Waals surface area contributed by atoms with Gasteiger partial charge in [-0.2, -0.15) is 0 Å². The van der Waals surface area contributed by atoms with E-state index in [2.05, 4.69) is 13.8 Å². The third kappa shape index (κ3) is 3.95. The molecule has 1 rings (SSSR count). The molecule has 3 heteroatoms. The molecule has 2 N–H and O–H groups in total. The highest BCUT2D eigenvalue weighted by Gasteiger charge is 2.22. The van der Waals surface area contributed by atoms with Gasteiger partial charge in [0.05, 0.1) is 6.10 Å². The summed E-state index contributed by atoms with van der Waals surface area (Å²) in [7, 11) is 0. The Morgan fingerprint density at radius 2 is 2.07 bits per heavy atom. The van der Waals surface area contributed by atoms with E-state index in [4.69, 9.17) is 10.6 Å². The molecule has 1 aliphatic rings. The number of nitrogens with two attached hydrogens (primary N) is 1. The van der Waals surface area contributed by atoms with Crippen LogP contribution in [0.5, 0.6) is 0 Å². The van der Waals surface area contributed by atoms with Crippen LogP contribution in [0.1, 0.15) is 39.5 Å². The highest BCUT2D eigenvalue weighted by Crippen LogP contribution is 2.21. The van der Waals surface area contributed by atoms with Gasteiger partial charge in [0.2, 0.25) is 0 Å². The number of hydrogen-bond donors (Lipinski definition) is 1. The first-order chi connectivity index (χ1) is 6.74. The topological polar surface area (TPSA) is 38.5 Å². The van der Waals surface area contributed by atoms with E-state index in [0.717, 1.165) is 19.7 Å². The molecule has 3 nitrogen and oxygen atoms in total. The SMILES string of the molecule is CCCCOC(C)C1CCN(N)CC1. The van der Waals surface area contributed by atoms with Crippen molar-refractivity contribution < 1.29 is 4.74 Å². The largest absolute Gasteiger partial charge is 0.378 e.